The Morgan fingerprint density at radius 3 is 2.47 bits per heavy atom. The van der Waals surface area contributed by atoms with Crippen LogP contribution in [0.4, 0.5) is 13.2 Å². The van der Waals surface area contributed by atoms with Gasteiger partial charge in [-0.3, -0.25) is 0 Å². The van der Waals surface area contributed by atoms with Crippen LogP contribution in [-0.4, -0.2) is 11.7 Å². The average molecular weight is 244 g/mol. The minimum Gasteiger partial charge on any atom is -0.396 e. The number of benzene rings is 1. The fraction of sp³-hybridized carbons (Fsp3) is 0.538. The zero-order valence-corrected chi connectivity index (χ0v) is 9.59. The predicted octanol–water partition coefficient (Wildman–Crippen LogP) is 3.37. The third kappa shape index (κ3) is 1.95. The second kappa shape index (κ2) is 4.02. The van der Waals surface area contributed by atoms with Gasteiger partial charge in [0.05, 0.1) is 5.56 Å². The van der Waals surface area contributed by atoms with E-state index in [4.69, 9.17) is 5.11 Å². The van der Waals surface area contributed by atoms with Gasteiger partial charge in [-0.15, -0.1) is 0 Å². The van der Waals surface area contributed by atoms with Crippen LogP contribution in [0.5, 0.6) is 0 Å². The lowest BCUT2D eigenvalue weighted by Crippen LogP contribution is -2.18. The SMILES string of the molecule is CCC1(c2ccccc2C(F)(F)F)CC1CO. The van der Waals surface area contributed by atoms with E-state index in [-0.39, 0.29) is 12.5 Å². The van der Waals surface area contributed by atoms with Gasteiger partial charge in [0.1, 0.15) is 0 Å². The molecule has 1 aromatic rings. The van der Waals surface area contributed by atoms with E-state index in [9.17, 15) is 13.2 Å². The largest absolute Gasteiger partial charge is 0.416 e. The normalized spacial score (nSPS) is 28.2. The Morgan fingerprint density at radius 2 is 2.00 bits per heavy atom. The van der Waals surface area contributed by atoms with Gasteiger partial charge in [-0.1, -0.05) is 25.1 Å². The maximum atomic E-state index is 12.9. The van der Waals surface area contributed by atoms with Gasteiger partial charge < -0.3 is 5.11 Å². The van der Waals surface area contributed by atoms with Crippen LogP contribution in [0.1, 0.15) is 30.9 Å². The quantitative estimate of drug-likeness (QED) is 0.864. The zero-order valence-electron chi connectivity index (χ0n) is 9.59. The highest BCUT2D eigenvalue weighted by atomic mass is 19.4. The van der Waals surface area contributed by atoms with Gasteiger partial charge >= 0.3 is 6.18 Å². The molecule has 0 saturated heterocycles. The van der Waals surface area contributed by atoms with Gasteiger partial charge in [0.2, 0.25) is 0 Å². The molecule has 0 bridgehead atoms. The molecule has 1 aliphatic rings. The summed E-state index contributed by atoms with van der Waals surface area (Å²) in [4.78, 5) is 0. The van der Waals surface area contributed by atoms with E-state index in [2.05, 4.69) is 0 Å². The molecule has 0 aliphatic heterocycles. The second-order valence-corrected chi connectivity index (χ2v) is 4.64. The number of aliphatic hydroxyl groups is 1. The average Bonchev–Trinajstić information content (AvgIpc) is 3.03. The molecule has 0 radical (unpaired) electrons. The monoisotopic (exact) mass is 244 g/mol. The van der Waals surface area contributed by atoms with E-state index >= 15 is 0 Å². The fourth-order valence-electron chi connectivity index (χ4n) is 2.74. The molecule has 1 aliphatic carbocycles. The van der Waals surface area contributed by atoms with Crippen molar-refractivity contribution < 1.29 is 18.3 Å². The Morgan fingerprint density at radius 1 is 1.35 bits per heavy atom. The number of halogens is 3. The Kier molecular flexibility index (Phi) is 2.94. The standard InChI is InChI=1S/C13H15F3O/c1-2-12(7-9(12)8-17)10-5-3-4-6-11(10)13(14,15)16/h3-6,9,17H,2,7-8H2,1H3. The summed E-state index contributed by atoms with van der Waals surface area (Å²) < 4.78 is 38.7. The molecule has 1 N–H and O–H groups in total. The summed E-state index contributed by atoms with van der Waals surface area (Å²) in [5.74, 6) is -0.0315. The summed E-state index contributed by atoms with van der Waals surface area (Å²) in [5.41, 5.74) is -0.687. The highest BCUT2D eigenvalue weighted by Crippen LogP contribution is 2.58. The van der Waals surface area contributed by atoms with Gasteiger partial charge in [0, 0.05) is 12.0 Å². The first kappa shape index (κ1) is 12.4. The molecular weight excluding hydrogens is 229 g/mol. The van der Waals surface area contributed by atoms with Crippen molar-refractivity contribution in [3.63, 3.8) is 0 Å². The first-order valence-electron chi connectivity index (χ1n) is 5.73. The molecule has 94 valence electrons. The number of rotatable bonds is 3. The molecule has 0 amide bonds. The second-order valence-electron chi connectivity index (χ2n) is 4.64. The Labute approximate surface area is 98.3 Å². The molecule has 4 heteroatoms. The minimum absolute atomic E-state index is 0.0315. The molecule has 1 aromatic carbocycles. The Bertz CT molecular complexity index is 413. The number of alkyl halides is 3. The lowest BCUT2D eigenvalue weighted by Gasteiger charge is -2.21. The van der Waals surface area contributed by atoms with Gasteiger partial charge in [0.25, 0.3) is 0 Å². The molecule has 0 aromatic heterocycles. The fourth-order valence-corrected chi connectivity index (χ4v) is 2.74. The van der Waals surface area contributed by atoms with Crippen LogP contribution >= 0.6 is 0 Å². The topological polar surface area (TPSA) is 20.2 Å². The zero-order chi connectivity index (χ0) is 12.7. The summed E-state index contributed by atoms with van der Waals surface area (Å²) in [6, 6.07) is 5.71. The smallest absolute Gasteiger partial charge is 0.396 e. The lowest BCUT2D eigenvalue weighted by atomic mass is 9.87. The van der Waals surface area contributed by atoms with Crippen LogP contribution < -0.4 is 0 Å². The van der Waals surface area contributed by atoms with E-state index in [1.807, 2.05) is 6.92 Å². The van der Waals surface area contributed by atoms with Crippen molar-refractivity contribution in [2.45, 2.75) is 31.4 Å². The first-order valence-corrected chi connectivity index (χ1v) is 5.73. The number of hydrogen-bond donors (Lipinski definition) is 1. The van der Waals surface area contributed by atoms with E-state index in [1.165, 1.54) is 6.07 Å². The van der Waals surface area contributed by atoms with Crippen LogP contribution in [0, 0.1) is 5.92 Å². The summed E-state index contributed by atoms with van der Waals surface area (Å²) in [6.45, 7) is 1.84. The van der Waals surface area contributed by atoms with Gasteiger partial charge in [-0.05, 0) is 30.4 Å². The van der Waals surface area contributed by atoms with Gasteiger partial charge in [-0.25, -0.2) is 0 Å². The van der Waals surface area contributed by atoms with Gasteiger partial charge in [-0.2, -0.15) is 13.2 Å². The Hall–Kier alpha value is -1.03. The molecule has 1 saturated carbocycles. The summed E-state index contributed by atoms with van der Waals surface area (Å²) in [7, 11) is 0. The number of hydrogen-bond acceptors (Lipinski definition) is 1. The molecule has 2 rings (SSSR count). The van der Waals surface area contributed by atoms with E-state index in [0.717, 1.165) is 6.07 Å². The van der Waals surface area contributed by atoms with Crippen LogP contribution in [0.15, 0.2) is 24.3 Å². The summed E-state index contributed by atoms with van der Waals surface area (Å²) >= 11 is 0. The van der Waals surface area contributed by atoms with Crippen molar-refractivity contribution in [1.82, 2.24) is 0 Å². The number of aliphatic hydroxyl groups excluding tert-OH is 1. The summed E-state index contributed by atoms with van der Waals surface area (Å²) in [6.07, 6.45) is -3.04. The van der Waals surface area contributed by atoms with E-state index in [0.29, 0.717) is 18.4 Å². The van der Waals surface area contributed by atoms with Crippen molar-refractivity contribution in [3.8, 4) is 0 Å². The van der Waals surface area contributed by atoms with Crippen LogP contribution in [0.3, 0.4) is 0 Å². The predicted molar refractivity (Wildman–Crippen MR) is 58.6 cm³/mol. The molecule has 2 atom stereocenters. The van der Waals surface area contributed by atoms with Crippen molar-refractivity contribution in [2.24, 2.45) is 5.92 Å². The van der Waals surface area contributed by atoms with Crippen molar-refractivity contribution in [3.05, 3.63) is 35.4 Å². The van der Waals surface area contributed by atoms with Crippen molar-refractivity contribution in [2.75, 3.05) is 6.61 Å². The van der Waals surface area contributed by atoms with Crippen LogP contribution in [0.25, 0.3) is 0 Å². The molecule has 0 spiro atoms. The maximum Gasteiger partial charge on any atom is 0.416 e. The highest BCUT2D eigenvalue weighted by Gasteiger charge is 2.55. The molecule has 0 heterocycles. The minimum atomic E-state index is -4.32. The molecule has 2 unspecified atom stereocenters. The third-order valence-electron chi connectivity index (χ3n) is 3.85. The lowest BCUT2D eigenvalue weighted by molar-refractivity contribution is -0.138. The Balaban J connectivity index is 2.46. The van der Waals surface area contributed by atoms with Crippen molar-refractivity contribution >= 4 is 0 Å². The van der Waals surface area contributed by atoms with Crippen LogP contribution in [0.2, 0.25) is 0 Å². The van der Waals surface area contributed by atoms with Crippen molar-refractivity contribution in [1.29, 1.82) is 0 Å². The first-order chi connectivity index (χ1) is 7.95. The molecule has 17 heavy (non-hydrogen) atoms. The van der Waals surface area contributed by atoms with E-state index < -0.39 is 17.2 Å². The molecule has 1 fully saturated rings. The van der Waals surface area contributed by atoms with Gasteiger partial charge in [0.15, 0.2) is 0 Å². The summed E-state index contributed by atoms with van der Waals surface area (Å²) in [5, 5.41) is 9.15. The van der Waals surface area contributed by atoms with E-state index in [1.54, 1.807) is 12.1 Å². The molecule has 1 nitrogen and oxygen atoms in total. The maximum absolute atomic E-state index is 12.9. The molecular formula is C13H15F3O. The highest BCUT2D eigenvalue weighted by molar-refractivity contribution is 5.41. The third-order valence-corrected chi connectivity index (χ3v) is 3.85. The van der Waals surface area contributed by atoms with Crippen LogP contribution in [-0.2, 0) is 11.6 Å².